The molecule has 0 unspecified atom stereocenters. The Morgan fingerprint density at radius 3 is 2.38 bits per heavy atom. The third-order valence-electron chi connectivity index (χ3n) is 4.95. The van der Waals surface area contributed by atoms with E-state index in [2.05, 4.69) is 41.4 Å². The molecule has 0 bridgehead atoms. The maximum absolute atomic E-state index is 14.7. The van der Waals surface area contributed by atoms with Crippen LogP contribution in [0.15, 0.2) is 41.4 Å². The zero-order valence-corrected chi connectivity index (χ0v) is 22.4. The second-order valence-corrected chi connectivity index (χ2v) is 8.37. The van der Waals surface area contributed by atoms with Gasteiger partial charge in [-0.05, 0) is 54.8 Å². The second-order valence-electron chi connectivity index (χ2n) is 8.37. The molecule has 0 fully saturated rings. The molecule has 0 aromatic heterocycles. The van der Waals surface area contributed by atoms with Gasteiger partial charge in [0.05, 0.1) is 18.2 Å². The molecular weight excluding hydrogens is 475 g/mol. The first-order valence-corrected chi connectivity index (χ1v) is 12.1. The Labute approximate surface area is 218 Å². The lowest BCUT2D eigenvalue weighted by Gasteiger charge is -2.10. The maximum atomic E-state index is 14.7. The number of ether oxygens (including phenoxy) is 2. The number of aliphatic imine (C=N–C) groups is 1. The van der Waals surface area contributed by atoms with Crippen LogP contribution < -0.4 is 31.1 Å². The standard InChI is InChI=1S/C20H24FN3O2.C8H15NO2/c1-5-23-20(24-16-8-6-15(22-3)7-9-16)19-14(2)12-17(13-18(19)21)26-11-10-25-4;1-7(2)3-5-9-8(11)4-6-10/h5-9,12-13,22,24H,2,10-11H2,1,3-4H3;6-7H,3-5H2,1-2H3,(H,9,11)/b20-19-,23-5-;. The van der Waals surface area contributed by atoms with E-state index < -0.39 is 5.82 Å². The van der Waals surface area contributed by atoms with Crippen molar-refractivity contribution >= 4 is 42.2 Å². The summed E-state index contributed by atoms with van der Waals surface area (Å²) in [6.45, 7) is 11.3. The Kier molecular flexibility index (Phi) is 15.0. The lowest BCUT2D eigenvalue weighted by molar-refractivity contribution is -0.123. The van der Waals surface area contributed by atoms with Gasteiger partial charge in [0.1, 0.15) is 30.3 Å². The normalized spacial score (nSPS) is 11.4. The lowest BCUT2D eigenvalue weighted by Crippen LogP contribution is -2.31. The number of anilines is 2. The number of hydrogen-bond donors (Lipinski definition) is 3. The van der Waals surface area contributed by atoms with E-state index in [4.69, 9.17) is 9.47 Å². The molecule has 0 spiro atoms. The second kappa shape index (κ2) is 17.7. The number of carbonyl (C=O) groups is 2. The fourth-order valence-corrected chi connectivity index (χ4v) is 3.02. The molecule has 0 aliphatic heterocycles. The molecule has 8 nitrogen and oxygen atoms in total. The van der Waals surface area contributed by atoms with Crippen molar-refractivity contribution in [3.05, 3.63) is 52.7 Å². The third-order valence-corrected chi connectivity index (χ3v) is 4.95. The number of hydrogen-bond acceptors (Lipinski definition) is 7. The Bertz CT molecular complexity index is 1120. The first-order valence-electron chi connectivity index (χ1n) is 12.1. The van der Waals surface area contributed by atoms with E-state index in [9.17, 15) is 14.0 Å². The van der Waals surface area contributed by atoms with Crippen molar-refractivity contribution in [2.45, 2.75) is 33.6 Å². The summed E-state index contributed by atoms with van der Waals surface area (Å²) in [4.78, 5) is 24.8. The van der Waals surface area contributed by atoms with Gasteiger partial charge >= 0.3 is 0 Å². The number of halogens is 1. The van der Waals surface area contributed by atoms with Gasteiger partial charge in [-0.2, -0.15) is 0 Å². The smallest absolute Gasteiger partial charge is 0.227 e. The summed E-state index contributed by atoms with van der Waals surface area (Å²) in [5.74, 6) is 0.749. The SMILES string of the molecule is C=c1cc(OCCOC)cc(F)/c1=C(/N=C\C)Nc1ccc(NC)cc1.CC(C)CCNC(=O)CC=O. The molecule has 2 aromatic rings. The summed E-state index contributed by atoms with van der Waals surface area (Å²) in [6.07, 6.45) is 3.17. The number of nitrogens with one attached hydrogen (secondary N) is 3. The molecular formula is C28H39FN4O4. The van der Waals surface area contributed by atoms with Crippen molar-refractivity contribution in [2.24, 2.45) is 10.9 Å². The Balaban J connectivity index is 0.000000525. The summed E-state index contributed by atoms with van der Waals surface area (Å²) >= 11 is 0. The molecule has 0 atom stereocenters. The number of aldehydes is 1. The molecule has 0 aliphatic carbocycles. The Hall–Kier alpha value is -3.72. The minimum absolute atomic E-state index is 0.0158. The topological polar surface area (TPSA) is 101 Å². The highest BCUT2D eigenvalue weighted by atomic mass is 19.1. The molecule has 37 heavy (non-hydrogen) atoms. The predicted octanol–water partition coefficient (Wildman–Crippen LogP) is 3.31. The van der Waals surface area contributed by atoms with Gasteiger partial charge in [0, 0.05) is 44.4 Å². The van der Waals surface area contributed by atoms with Gasteiger partial charge in [0.15, 0.2) is 0 Å². The van der Waals surface area contributed by atoms with E-state index in [1.807, 2.05) is 31.3 Å². The first kappa shape index (κ1) is 31.3. The number of rotatable bonds is 13. The van der Waals surface area contributed by atoms with E-state index in [-0.39, 0.29) is 12.3 Å². The maximum Gasteiger partial charge on any atom is 0.227 e. The zero-order valence-electron chi connectivity index (χ0n) is 22.4. The van der Waals surface area contributed by atoms with Crippen molar-refractivity contribution in [1.82, 2.24) is 5.32 Å². The molecule has 202 valence electrons. The van der Waals surface area contributed by atoms with Crippen LogP contribution in [-0.4, -0.2) is 52.3 Å². The predicted molar refractivity (Wildman–Crippen MR) is 149 cm³/mol. The van der Waals surface area contributed by atoms with Crippen molar-refractivity contribution in [2.75, 3.05) is 44.5 Å². The van der Waals surface area contributed by atoms with Crippen molar-refractivity contribution in [1.29, 1.82) is 0 Å². The Morgan fingerprint density at radius 2 is 1.84 bits per heavy atom. The van der Waals surface area contributed by atoms with Crippen LogP contribution in [0.3, 0.4) is 0 Å². The molecule has 0 heterocycles. The van der Waals surface area contributed by atoms with E-state index >= 15 is 0 Å². The highest BCUT2D eigenvalue weighted by Crippen LogP contribution is 2.15. The average molecular weight is 515 g/mol. The van der Waals surface area contributed by atoms with Crippen molar-refractivity contribution in [3.8, 4) is 5.75 Å². The molecule has 0 saturated carbocycles. The van der Waals surface area contributed by atoms with Crippen LogP contribution in [0.1, 0.15) is 33.6 Å². The van der Waals surface area contributed by atoms with Crippen LogP contribution in [0.4, 0.5) is 15.8 Å². The summed E-state index contributed by atoms with van der Waals surface area (Å²) in [5.41, 5.74) is 1.78. The lowest BCUT2D eigenvalue weighted by atomic mass is 10.1. The molecule has 2 aromatic carbocycles. The molecule has 0 aliphatic rings. The number of amides is 1. The molecule has 3 N–H and O–H groups in total. The fraction of sp³-hybridized carbons (Fsp3) is 0.393. The highest BCUT2D eigenvalue weighted by molar-refractivity contribution is 5.87. The molecule has 0 radical (unpaired) electrons. The van der Waals surface area contributed by atoms with Crippen molar-refractivity contribution in [3.63, 3.8) is 0 Å². The molecule has 0 saturated heterocycles. The van der Waals surface area contributed by atoms with Crippen LogP contribution in [0.2, 0.25) is 0 Å². The summed E-state index contributed by atoms with van der Waals surface area (Å²) in [5, 5.41) is 9.64. The average Bonchev–Trinajstić information content (AvgIpc) is 2.85. The minimum atomic E-state index is -0.454. The monoisotopic (exact) mass is 514 g/mol. The van der Waals surface area contributed by atoms with Gasteiger partial charge in [0.2, 0.25) is 5.91 Å². The minimum Gasteiger partial charge on any atom is -0.491 e. The highest BCUT2D eigenvalue weighted by Gasteiger charge is 2.07. The summed E-state index contributed by atoms with van der Waals surface area (Å²) in [7, 11) is 3.43. The van der Waals surface area contributed by atoms with Gasteiger partial charge in [-0.3, -0.25) is 4.79 Å². The van der Waals surface area contributed by atoms with Gasteiger partial charge < -0.3 is 30.2 Å². The van der Waals surface area contributed by atoms with Crippen LogP contribution in [0, 0.1) is 11.7 Å². The largest absolute Gasteiger partial charge is 0.491 e. The number of carbonyl (C=O) groups excluding carboxylic acids is 2. The van der Waals surface area contributed by atoms with E-state index in [0.29, 0.717) is 54.0 Å². The van der Waals surface area contributed by atoms with Gasteiger partial charge in [0.25, 0.3) is 0 Å². The zero-order chi connectivity index (χ0) is 27.6. The summed E-state index contributed by atoms with van der Waals surface area (Å²) in [6, 6.07) is 10.6. The van der Waals surface area contributed by atoms with Gasteiger partial charge in [-0.15, -0.1) is 0 Å². The first-order chi connectivity index (χ1) is 17.7. The molecule has 1 amide bonds. The van der Waals surface area contributed by atoms with Gasteiger partial charge in [-0.25, -0.2) is 9.38 Å². The Morgan fingerprint density at radius 1 is 1.16 bits per heavy atom. The molecule has 9 heteroatoms. The number of nitrogens with zero attached hydrogens (tertiary/aromatic N) is 1. The van der Waals surface area contributed by atoms with Gasteiger partial charge in [-0.1, -0.05) is 20.4 Å². The van der Waals surface area contributed by atoms with Crippen LogP contribution in [-0.2, 0) is 14.3 Å². The van der Waals surface area contributed by atoms with E-state index in [1.165, 1.54) is 6.07 Å². The third kappa shape index (κ3) is 12.2. The molecule has 2 rings (SSSR count). The van der Waals surface area contributed by atoms with Crippen LogP contribution >= 0.6 is 0 Å². The number of methoxy groups -OCH3 is 1. The fourth-order valence-electron chi connectivity index (χ4n) is 3.02. The number of benzene rings is 2. The van der Waals surface area contributed by atoms with E-state index in [0.717, 1.165) is 17.8 Å². The van der Waals surface area contributed by atoms with E-state index in [1.54, 1.807) is 26.3 Å². The van der Waals surface area contributed by atoms with Crippen LogP contribution in [0.5, 0.6) is 5.75 Å². The van der Waals surface area contributed by atoms with Crippen LogP contribution in [0.25, 0.3) is 12.4 Å². The van der Waals surface area contributed by atoms with Crippen molar-refractivity contribution < 1.29 is 23.5 Å². The quantitative estimate of drug-likeness (QED) is 0.164. The summed E-state index contributed by atoms with van der Waals surface area (Å²) < 4.78 is 25.1.